The Morgan fingerprint density at radius 2 is 2.25 bits per heavy atom. The predicted molar refractivity (Wildman–Crippen MR) is 66.6 cm³/mol. The van der Waals surface area contributed by atoms with Crippen molar-refractivity contribution in [1.29, 1.82) is 0 Å². The fourth-order valence-electron chi connectivity index (χ4n) is 1.92. The molecule has 2 aromatic rings. The Labute approximate surface area is 117 Å². The number of benzene rings is 1. The molecule has 7 nitrogen and oxygen atoms in total. The van der Waals surface area contributed by atoms with Gasteiger partial charge in [0.1, 0.15) is 5.69 Å². The summed E-state index contributed by atoms with van der Waals surface area (Å²) in [5.41, 5.74) is 0.632. The van der Waals surface area contributed by atoms with Crippen molar-refractivity contribution in [3.05, 3.63) is 22.9 Å². The highest BCUT2D eigenvalue weighted by Crippen LogP contribution is 2.50. The molecule has 0 unspecified atom stereocenters. The number of aromatic nitrogens is 1. The lowest BCUT2D eigenvalue weighted by Gasteiger charge is -2.10. The molecule has 0 amide bonds. The molecule has 1 aromatic heterocycles. The number of methoxy groups -OCH3 is 1. The summed E-state index contributed by atoms with van der Waals surface area (Å²) in [7, 11) is 1.44. The molecule has 20 heavy (non-hydrogen) atoms. The first-order chi connectivity index (χ1) is 9.61. The van der Waals surface area contributed by atoms with Crippen molar-refractivity contribution in [3.63, 3.8) is 0 Å². The maximum atomic E-state index is 10.9. The molecule has 1 N–H and O–H groups in total. The topological polar surface area (TPSA) is 91.0 Å². The van der Waals surface area contributed by atoms with Gasteiger partial charge in [-0.2, -0.15) is 0 Å². The number of ether oxygens (including phenoxy) is 3. The van der Waals surface area contributed by atoms with Crippen LogP contribution in [-0.4, -0.2) is 30.1 Å². The number of aromatic carboxylic acids is 1. The van der Waals surface area contributed by atoms with Gasteiger partial charge in [-0.1, -0.05) is 16.8 Å². The summed E-state index contributed by atoms with van der Waals surface area (Å²) >= 11 is 6.10. The summed E-state index contributed by atoms with van der Waals surface area (Å²) in [6.45, 7) is 0.0372. The predicted octanol–water partition coefficient (Wildman–Crippen LogP) is 2.43. The van der Waals surface area contributed by atoms with Crippen LogP contribution in [0.3, 0.4) is 0 Å². The van der Waals surface area contributed by atoms with E-state index in [4.69, 9.17) is 35.4 Å². The summed E-state index contributed by atoms with van der Waals surface area (Å²) in [5, 5.41) is 12.9. The van der Waals surface area contributed by atoms with Gasteiger partial charge in [-0.05, 0) is 0 Å². The van der Waals surface area contributed by atoms with Crippen LogP contribution in [0, 0.1) is 0 Å². The Balaban J connectivity index is 2.23. The van der Waals surface area contributed by atoms with Crippen molar-refractivity contribution >= 4 is 17.6 Å². The molecule has 0 saturated heterocycles. The lowest BCUT2D eigenvalue weighted by atomic mass is 10.1. The molecule has 1 aliphatic heterocycles. The summed E-state index contributed by atoms with van der Waals surface area (Å²) in [5.74, 6) is -0.392. The highest BCUT2D eigenvalue weighted by atomic mass is 35.5. The van der Waals surface area contributed by atoms with Gasteiger partial charge in [0, 0.05) is 12.1 Å². The van der Waals surface area contributed by atoms with E-state index < -0.39 is 5.97 Å². The highest BCUT2D eigenvalue weighted by Gasteiger charge is 2.28. The summed E-state index contributed by atoms with van der Waals surface area (Å²) in [6, 6.07) is 2.82. The molecule has 0 atom stereocenters. The second-order valence-electron chi connectivity index (χ2n) is 3.88. The average molecular weight is 298 g/mol. The summed E-state index contributed by atoms with van der Waals surface area (Å²) in [4.78, 5) is 10.9. The van der Waals surface area contributed by atoms with Gasteiger partial charge in [-0.3, -0.25) is 0 Å². The molecule has 0 saturated carbocycles. The Bertz CT molecular complexity index is 692. The standard InChI is InChI=1S/C12H8ClNO6/c1-17-10-5(13)2-7-11(19-4-18-7)9(10)6-3-8(12(15)16)20-14-6/h2-3H,4H2,1H3,(H,15,16). The van der Waals surface area contributed by atoms with Crippen molar-refractivity contribution in [2.24, 2.45) is 0 Å². The minimum absolute atomic E-state index is 0.0372. The molecule has 1 aromatic carbocycles. The number of hydrogen-bond acceptors (Lipinski definition) is 6. The Hall–Kier alpha value is -2.41. The van der Waals surface area contributed by atoms with E-state index in [2.05, 4.69) is 5.16 Å². The molecule has 1 aliphatic rings. The molecule has 104 valence electrons. The third kappa shape index (κ3) is 1.83. The Morgan fingerprint density at radius 1 is 1.45 bits per heavy atom. The normalized spacial score (nSPS) is 12.5. The van der Waals surface area contributed by atoms with Crippen molar-refractivity contribution in [2.45, 2.75) is 0 Å². The number of hydrogen-bond donors (Lipinski definition) is 1. The van der Waals surface area contributed by atoms with Gasteiger partial charge < -0.3 is 23.8 Å². The largest absolute Gasteiger partial charge is 0.494 e. The van der Waals surface area contributed by atoms with Crippen LogP contribution in [0.2, 0.25) is 5.02 Å². The first-order valence-corrected chi connectivity index (χ1v) is 5.86. The number of carbonyl (C=O) groups is 1. The van der Waals surface area contributed by atoms with E-state index in [1.165, 1.54) is 13.2 Å². The van der Waals surface area contributed by atoms with Crippen LogP contribution in [0.4, 0.5) is 0 Å². The molecule has 0 aliphatic carbocycles. The molecule has 2 heterocycles. The molecular formula is C12H8ClNO6. The van der Waals surface area contributed by atoms with Crippen LogP contribution in [0.15, 0.2) is 16.7 Å². The summed E-state index contributed by atoms with van der Waals surface area (Å²) < 4.78 is 20.6. The van der Waals surface area contributed by atoms with Crippen LogP contribution in [0.25, 0.3) is 11.3 Å². The average Bonchev–Trinajstić information content (AvgIpc) is 3.05. The Kier molecular flexibility index (Phi) is 2.90. The number of halogens is 1. The monoisotopic (exact) mass is 297 g/mol. The molecular weight excluding hydrogens is 290 g/mol. The first-order valence-electron chi connectivity index (χ1n) is 5.48. The minimum atomic E-state index is -1.22. The zero-order chi connectivity index (χ0) is 14.3. The number of nitrogens with zero attached hydrogens (tertiary/aromatic N) is 1. The molecule has 0 fully saturated rings. The van der Waals surface area contributed by atoms with Crippen LogP contribution < -0.4 is 14.2 Å². The summed E-state index contributed by atoms with van der Waals surface area (Å²) in [6.07, 6.45) is 0. The van der Waals surface area contributed by atoms with Crippen molar-refractivity contribution in [3.8, 4) is 28.5 Å². The van der Waals surface area contributed by atoms with Crippen molar-refractivity contribution in [2.75, 3.05) is 13.9 Å². The SMILES string of the molecule is COc1c(Cl)cc2c(c1-c1cc(C(=O)O)on1)OCO2. The van der Waals surface area contributed by atoms with E-state index in [1.54, 1.807) is 6.07 Å². The van der Waals surface area contributed by atoms with E-state index in [0.717, 1.165) is 0 Å². The zero-order valence-corrected chi connectivity index (χ0v) is 10.9. The van der Waals surface area contributed by atoms with Gasteiger partial charge in [-0.25, -0.2) is 4.79 Å². The van der Waals surface area contributed by atoms with Gasteiger partial charge in [-0.15, -0.1) is 0 Å². The molecule has 0 bridgehead atoms. The number of rotatable bonds is 3. The second kappa shape index (κ2) is 4.61. The van der Waals surface area contributed by atoms with Gasteiger partial charge in [0.05, 0.1) is 17.7 Å². The second-order valence-corrected chi connectivity index (χ2v) is 4.29. The van der Waals surface area contributed by atoms with Crippen molar-refractivity contribution < 1.29 is 28.6 Å². The lowest BCUT2D eigenvalue weighted by Crippen LogP contribution is -1.95. The number of fused-ring (bicyclic) bond motifs is 1. The fraction of sp³-hybridized carbons (Fsp3) is 0.167. The quantitative estimate of drug-likeness (QED) is 0.930. The maximum Gasteiger partial charge on any atom is 0.374 e. The number of carboxylic acid groups (broad SMARTS) is 1. The third-order valence-electron chi connectivity index (χ3n) is 2.75. The van der Waals surface area contributed by atoms with Gasteiger partial charge in [0.2, 0.25) is 12.6 Å². The lowest BCUT2D eigenvalue weighted by molar-refractivity contribution is 0.0652. The van der Waals surface area contributed by atoms with Gasteiger partial charge in [0.25, 0.3) is 0 Å². The van der Waals surface area contributed by atoms with Gasteiger partial charge >= 0.3 is 5.97 Å². The highest BCUT2D eigenvalue weighted by molar-refractivity contribution is 6.33. The molecule has 8 heteroatoms. The van der Waals surface area contributed by atoms with E-state index >= 15 is 0 Å². The fourth-order valence-corrected chi connectivity index (χ4v) is 2.19. The van der Waals surface area contributed by atoms with Crippen LogP contribution >= 0.6 is 11.6 Å². The van der Waals surface area contributed by atoms with Crippen LogP contribution in [0.5, 0.6) is 17.2 Å². The third-order valence-corrected chi connectivity index (χ3v) is 3.03. The van der Waals surface area contributed by atoms with Crippen LogP contribution in [0.1, 0.15) is 10.6 Å². The Morgan fingerprint density at radius 3 is 2.90 bits per heavy atom. The van der Waals surface area contributed by atoms with Gasteiger partial charge in [0.15, 0.2) is 17.2 Å². The zero-order valence-electron chi connectivity index (χ0n) is 10.2. The number of carboxylic acids is 1. The smallest absolute Gasteiger partial charge is 0.374 e. The first kappa shape index (κ1) is 12.6. The van der Waals surface area contributed by atoms with Crippen molar-refractivity contribution in [1.82, 2.24) is 5.16 Å². The van der Waals surface area contributed by atoms with Crippen LogP contribution in [-0.2, 0) is 0 Å². The van der Waals surface area contributed by atoms with E-state index in [9.17, 15) is 4.79 Å². The molecule has 0 spiro atoms. The van der Waals surface area contributed by atoms with E-state index in [-0.39, 0.29) is 18.2 Å². The molecule has 3 rings (SSSR count). The minimum Gasteiger partial charge on any atom is -0.494 e. The molecule has 0 radical (unpaired) electrons. The maximum absolute atomic E-state index is 10.9. The van der Waals surface area contributed by atoms with E-state index in [1.807, 2.05) is 0 Å². The van der Waals surface area contributed by atoms with E-state index in [0.29, 0.717) is 27.8 Å².